The van der Waals surface area contributed by atoms with Crippen LogP contribution in [-0.4, -0.2) is 32.2 Å². The Morgan fingerprint density at radius 2 is 2.15 bits per heavy atom. The van der Waals surface area contributed by atoms with E-state index in [1.165, 1.54) is 16.9 Å². The lowest BCUT2D eigenvalue weighted by Crippen LogP contribution is -2.04. The van der Waals surface area contributed by atoms with Gasteiger partial charge in [0.15, 0.2) is 11.6 Å². The van der Waals surface area contributed by atoms with Crippen LogP contribution in [0.25, 0.3) is 16.4 Å². The Kier molecular flexibility index (Phi) is 4.02. The minimum absolute atomic E-state index is 0.0420. The van der Waals surface area contributed by atoms with Crippen LogP contribution in [0.3, 0.4) is 0 Å². The van der Waals surface area contributed by atoms with Crippen LogP contribution in [0.1, 0.15) is 28.5 Å². The van der Waals surface area contributed by atoms with Gasteiger partial charge in [-0.15, -0.1) is 0 Å². The number of benzene rings is 1. The van der Waals surface area contributed by atoms with Gasteiger partial charge in [0.2, 0.25) is 5.88 Å². The topological polar surface area (TPSA) is 81.5 Å². The number of carbonyl (C=O) groups is 1. The lowest BCUT2D eigenvalue weighted by Gasteiger charge is -2.08. The third kappa shape index (κ3) is 2.79. The van der Waals surface area contributed by atoms with Crippen LogP contribution in [0.2, 0.25) is 0 Å². The zero-order chi connectivity index (χ0) is 19.1. The second kappa shape index (κ2) is 6.39. The van der Waals surface area contributed by atoms with Crippen molar-refractivity contribution in [2.45, 2.75) is 20.8 Å². The maximum atomic E-state index is 14.8. The highest BCUT2D eigenvalue weighted by atomic mass is 19.1. The third-order valence-corrected chi connectivity index (χ3v) is 4.33. The number of fused-ring (bicyclic) bond motifs is 2. The highest BCUT2D eigenvalue weighted by Crippen LogP contribution is 2.33. The molecule has 0 saturated heterocycles. The normalized spacial score (nSPS) is 11.3. The van der Waals surface area contributed by atoms with E-state index in [0.29, 0.717) is 27.5 Å². The highest BCUT2D eigenvalue weighted by molar-refractivity contribution is 5.94. The molecule has 7 nitrogen and oxygen atoms in total. The molecule has 3 aromatic heterocycles. The number of nitrogens with one attached hydrogen (secondary N) is 1. The molecule has 0 unspecified atom stereocenters. The average molecular weight is 368 g/mol. The number of esters is 1. The SMILES string of the molecule is CCOC(=O)c1cn2ncnc(Oc3ccc4[nH]c(C)cc4c3F)c2c1C. The van der Waals surface area contributed by atoms with Gasteiger partial charge in [0.25, 0.3) is 0 Å². The van der Waals surface area contributed by atoms with Crippen molar-refractivity contribution >= 4 is 22.4 Å². The standard InChI is InChI=1S/C19H17FN4O3/c1-4-26-19(25)13-8-24-17(11(13)3)18(21-9-22-24)27-15-6-5-14-12(16(15)20)7-10(2)23-14/h5-9,23H,4H2,1-3H3. The summed E-state index contributed by atoms with van der Waals surface area (Å²) in [7, 11) is 0. The summed E-state index contributed by atoms with van der Waals surface area (Å²) in [5.74, 6) is -0.741. The summed E-state index contributed by atoms with van der Waals surface area (Å²) in [6.45, 7) is 5.60. The molecule has 1 N–H and O–H groups in total. The first-order valence-corrected chi connectivity index (χ1v) is 8.45. The van der Waals surface area contributed by atoms with E-state index in [9.17, 15) is 9.18 Å². The van der Waals surface area contributed by atoms with Gasteiger partial charge in [-0.3, -0.25) is 0 Å². The quantitative estimate of drug-likeness (QED) is 0.552. The second-order valence-corrected chi connectivity index (χ2v) is 6.14. The lowest BCUT2D eigenvalue weighted by atomic mass is 10.2. The fourth-order valence-electron chi connectivity index (χ4n) is 3.09. The van der Waals surface area contributed by atoms with E-state index < -0.39 is 11.8 Å². The van der Waals surface area contributed by atoms with Crippen molar-refractivity contribution in [3.8, 4) is 11.6 Å². The number of ether oxygens (including phenoxy) is 2. The van der Waals surface area contributed by atoms with Gasteiger partial charge in [-0.2, -0.15) is 10.1 Å². The van der Waals surface area contributed by atoms with Crippen LogP contribution >= 0.6 is 0 Å². The molecule has 0 atom stereocenters. The molecule has 0 aliphatic carbocycles. The molecule has 27 heavy (non-hydrogen) atoms. The van der Waals surface area contributed by atoms with Crippen molar-refractivity contribution in [2.75, 3.05) is 6.61 Å². The summed E-state index contributed by atoms with van der Waals surface area (Å²) in [5.41, 5.74) is 2.98. The van der Waals surface area contributed by atoms with E-state index in [0.717, 1.165) is 5.69 Å². The summed E-state index contributed by atoms with van der Waals surface area (Å²) in [6, 6.07) is 5.00. The van der Waals surface area contributed by atoms with Crippen LogP contribution in [0.15, 0.2) is 30.7 Å². The smallest absolute Gasteiger partial charge is 0.340 e. The predicted molar refractivity (Wildman–Crippen MR) is 96.7 cm³/mol. The first kappa shape index (κ1) is 17.0. The minimum atomic E-state index is -0.483. The van der Waals surface area contributed by atoms with Gasteiger partial charge in [0.1, 0.15) is 11.8 Å². The van der Waals surface area contributed by atoms with Gasteiger partial charge >= 0.3 is 5.97 Å². The monoisotopic (exact) mass is 368 g/mol. The molecule has 8 heteroatoms. The molecule has 0 aliphatic heterocycles. The molecular formula is C19H17FN4O3. The molecular weight excluding hydrogens is 351 g/mol. The van der Waals surface area contributed by atoms with E-state index >= 15 is 0 Å². The maximum absolute atomic E-state index is 14.8. The van der Waals surface area contributed by atoms with Crippen molar-refractivity contribution in [2.24, 2.45) is 0 Å². The predicted octanol–water partition coefficient (Wildman–Crippen LogP) is 3.94. The van der Waals surface area contributed by atoms with Gasteiger partial charge in [0.05, 0.1) is 12.2 Å². The Hall–Kier alpha value is -3.42. The Morgan fingerprint density at radius 3 is 2.93 bits per heavy atom. The van der Waals surface area contributed by atoms with Gasteiger partial charge < -0.3 is 14.5 Å². The number of halogens is 1. The fourth-order valence-corrected chi connectivity index (χ4v) is 3.09. The number of hydrogen-bond acceptors (Lipinski definition) is 5. The summed E-state index contributed by atoms with van der Waals surface area (Å²) in [6.07, 6.45) is 2.83. The zero-order valence-electron chi connectivity index (χ0n) is 15.0. The number of rotatable bonds is 4. The maximum Gasteiger partial charge on any atom is 0.340 e. The molecule has 0 saturated carbocycles. The van der Waals surface area contributed by atoms with Crippen LogP contribution < -0.4 is 4.74 Å². The van der Waals surface area contributed by atoms with Crippen LogP contribution in [0.5, 0.6) is 11.6 Å². The van der Waals surface area contributed by atoms with Crippen molar-refractivity contribution in [1.29, 1.82) is 0 Å². The second-order valence-electron chi connectivity index (χ2n) is 6.14. The Balaban J connectivity index is 1.80. The van der Waals surface area contributed by atoms with Crippen molar-refractivity contribution < 1.29 is 18.7 Å². The lowest BCUT2D eigenvalue weighted by molar-refractivity contribution is 0.0525. The van der Waals surface area contributed by atoms with Crippen molar-refractivity contribution in [3.05, 3.63) is 53.4 Å². The first-order chi connectivity index (χ1) is 13.0. The molecule has 0 radical (unpaired) electrons. The molecule has 0 fully saturated rings. The third-order valence-electron chi connectivity index (χ3n) is 4.33. The van der Waals surface area contributed by atoms with E-state index in [1.807, 2.05) is 6.92 Å². The van der Waals surface area contributed by atoms with Gasteiger partial charge in [-0.05, 0) is 44.5 Å². The molecule has 0 amide bonds. The van der Waals surface area contributed by atoms with E-state index in [1.54, 1.807) is 32.2 Å². The molecule has 138 valence electrons. The molecule has 4 rings (SSSR count). The first-order valence-electron chi connectivity index (χ1n) is 8.45. The highest BCUT2D eigenvalue weighted by Gasteiger charge is 2.21. The average Bonchev–Trinajstić information content (AvgIpc) is 3.19. The number of aryl methyl sites for hydroxylation is 2. The molecule has 1 aromatic carbocycles. The number of aromatic amines is 1. The van der Waals surface area contributed by atoms with Crippen LogP contribution in [0, 0.1) is 19.7 Å². The number of H-pyrrole nitrogens is 1. The fraction of sp³-hybridized carbons (Fsp3) is 0.211. The van der Waals surface area contributed by atoms with E-state index in [2.05, 4.69) is 15.1 Å². The molecule has 0 spiro atoms. The molecule has 4 aromatic rings. The number of hydrogen-bond donors (Lipinski definition) is 1. The van der Waals surface area contributed by atoms with E-state index in [4.69, 9.17) is 9.47 Å². The Labute approximate surface area is 153 Å². The zero-order valence-corrected chi connectivity index (χ0v) is 15.0. The summed E-state index contributed by atoms with van der Waals surface area (Å²) < 4.78 is 27.1. The number of carbonyl (C=O) groups excluding carboxylic acids is 1. The molecule has 0 aliphatic rings. The van der Waals surface area contributed by atoms with E-state index in [-0.39, 0.29) is 18.2 Å². The summed E-state index contributed by atoms with van der Waals surface area (Å²) >= 11 is 0. The van der Waals surface area contributed by atoms with Crippen LogP contribution in [-0.2, 0) is 4.74 Å². The minimum Gasteiger partial charge on any atom is -0.462 e. The van der Waals surface area contributed by atoms with Crippen molar-refractivity contribution in [1.82, 2.24) is 19.6 Å². The largest absolute Gasteiger partial charge is 0.462 e. The summed E-state index contributed by atoms with van der Waals surface area (Å²) in [4.78, 5) is 19.3. The molecule has 3 heterocycles. The van der Waals surface area contributed by atoms with Gasteiger partial charge in [-0.25, -0.2) is 13.7 Å². The number of aromatic nitrogens is 4. The van der Waals surface area contributed by atoms with Gasteiger partial charge in [0, 0.05) is 22.8 Å². The Bertz CT molecular complexity index is 1180. The molecule has 0 bridgehead atoms. The van der Waals surface area contributed by atoms with Crippen LogP contribution in [0.4, 0.5) is 4.39 Å². The Morgan fingerprint density at radius 1 is 1.33 bits per heavy atom. The summed E-state index contributed by atoms with van der Waals surface area (Å²) in [5, 5.41) is 4.54. The van der Waals surface area contributed by atoms with Gasteiger partial charge in [-0.1, -0.05) is 0 Å². The number of nitrogens with zero attached hydrogens (tertiary/aromatic N) is 3. The van der Waals surface area contributed by atoms with Crippen molar-refractivity contribution in [3.63, 3.8) is 0 Å².